The van der Waals surface area contributed by atoms with Gasteiger partial charge >= 0.3 is 0 Å². The van der Waals surface area contributed by atoms with Crippen LogP contribution in [0.15, 0.2) is 48.5 Å². The van der Waals surface area contributed by atoms with Crippen molar-refractivity contribution >= 4 is 11.8 Å². The third-order valence-corrected chi connectivity index (χ3v) is 5.43. The van der Waals surface area contributed by atoms with E-state index in [2.05, 4.69) is 17.0 Å². The van der Waals surface area contributed by atoms with E-state index < -0.39 is 0 Å². The highest BCUT2D eigenvalue weighted by molar-refractivity contribution is 6.21. The molecule has 0 bridgehead atoms. The maximum atomic E-state index is 12.4. The fraction of sp³-hybridized carbons (Fsp3) is 0.391. The second kappa shape index (κ2) is 8.57. The van der Waals surface area contributed by atoms with Gasteiger partial charge in [0.1, 0.15) is 5.75 Å². The molecular weight excluding hydrogens is 352 g/mol. The molecule has 5 heteroatoms. The largest absolute Gasteiger partial charge is 0.494 e. The molecule has 28 heavy (non-hydrogen) atoms. The van der Waals surface area contributed by atoms with Crippen LogP contribution in [-0.2, 0) is 6.54 Å². The van der Waals surface area contributed by atoms with Gasteiger partial charge < -0.3 is 4.74 Å². The van der Waals surface area contributed by atoms with Crippen LogP contribution in [-0.4, -0.2) is 47.9 Å². The van der Waals surface area contributed by atoms with E-state index in [1.165, 1.54) is 42.8 Å². The van der Waals surface area contributed by atoms with Crippen molar-refractivity contribution in [1.82, 2.24) is 9.80 Å². The molecule has 1 saturated heterocycles. The van der Waals surface area contributed by atoms with Crippen molar-refractivity contribution in [1.29, 1.82) is 0 Å². The number of hydrogen-bond donors (Lipinski definition) is 0. The van der Waals surface area contributed by atoms with Crippen molar-refractivity contribution in [3.05, 3.63) is 65.2 Å². The van der Waals surface area contributed by atoms with Crippen LogP contribution in [0.4, 0.5) is 0 Å². The van der Waals surface area contributed by atoms with Crippen molar-refractivity contribution in [3.8, 4) is 5.75 Å². The van der Waals surface area contributed by atoms with Crippen LogP contribution in [0, 0.1) is 0 Å². The Morgan fingerprint density at radius 1 is 0.857 bits per heavy atom. The molecule has 146 valence electrons. The van der Waals surface area contributed by atoms with Crippen molar-refractivity contribution in [2.45, 2.75) is 32.2 Å². The van der Waals surface area contributed by atoms with Gasteiger partial charge in [-0.3, -0.25) is 19.4 Å². The van der Waals surface area contributed by atoms with Gasteiger partial charge in [0.2, 0.25) is 0 Å². The molecule has 0 unspecified atom stereocenters. The van der Waals surface area contributed by atoms with E-state index in [0.29, 0.717) is 30.7 Å². The number of hydrogen-bond acceptors (Lipinski definition) is 4. The number of carbonyl (C=O) groups excluding carboxylic acids is 2. The van der Waals surface area contributed by atoms with E-state index in [4.69, 9.17) is 4.74 Å². The predicted molar refractivity (Wildman–Crippen MR) is 107 cm³/mol. The Hall–Kier alpha value is -2.66. The van der Waals surface area contributed by atoms with Crippen LogP contribution < -0.4 is 4.74 Å². The quantitative estimate of drug-likeness (QED) is 0.544. The van der Waals surface area contributed by atoms with Crippen molar-refractivity contribution < 1.29 is 14.3 Å². The lowest BCUT2D eigenvalue weighted by molar-refractivity contribution is 0.0647. The van der Waals surface area contributed by atoms with Gasteiger partial charge in [-0.15, -0.1) is 0 Å². The summed E-state index contributed by atoms with van der Waals surface area (Å²) in [6, 6.07) is 15.2. The first-order chi connectivity index (χ1) is 13.7. The molecule has 2 amide bonds. The Bertz CT molecular complexity index is 823. The highest BCUT2D eigenvalue weighted by Gasteiger charge is 2.34. The lowest BCUT2D eigenvalue weighted by Crippen LogP contribution is -2.31. The van der Waals surface area contributed by atoms with Crippen LogP contribution in [0.2, 0.25) is 0 Å². The minimum absolute atomic E-state index is 0.205. The summed E-state index contributed by atoms with van der Waals surface area (Å²) in [5.74, 6) is 0.435. The Morgan fingerprint density at radius 2 is 1.57 bits per heavy atom. The molecule has 0 aliphatic carbocycles. The first-order valence-corrected chi connectivity index (χ1v) is 10.1. The zero-order valence-corrected chi connectivity index (χ0v) is 16.1. The summed E-state index contributed by atoms with van der Waals surface area (Å²) in [5, 5.41) is 0. The standard InChI is InChI=1S/C23H26N2O3/c26-22-20-10-2-3-11-21(20)23(27)25(22)14-7-15-28-19-9-6-8-18(16-19)17-24-12-4-1-5-13-24/h2-3,6,8-11,16H,1,4-5,7,12-15,17H2. The summed E-state index contributed by atoms with van der Waals surface area (Å²) in [6.07, 6.45) is 4.52. The van der Waals surface area contributed by atoms with Crippen LogP contribution >= 0.6 is 0 Å². The van der Waals surface area contributed by atoms with Gasteiger partial charge in [-0.2, -0.15) is 0 Å². The third-order valence-electron chi connectivity index (χ3n) is 5.43. The Kier molecular flexibility index (Phi) is 5.72. The Labute approximate surface area is 165 Å². The molecule has 0 aromatic heterocycles. The number of likely N-dealkylation sites (tertiary alicyclic amines) is 1. The molecule has 0 saturated carbocycles. The SMILES string of the molecule is O=C1c2ccccc2C(=O)N1CCCOc1cccc(CN2CCCCC2)c1. The fourth-order valence-electron chi connectivity index (χ4n) is 3.96. The number of rotatable bonds is 7. The molecule has 2 heterocycles. The molecule has 0 spiro atoms. The molecule has 2 aliphatic heterocycles. The van der Waals surface area contributed by atoms with Crippen molar-refractivity contribution in [2.75, 3.05) is 26.2 Å². The Balaban J connectivity index is 1.26. The molecule has 0 radical (unpaired) electrons. The smallest absolute Gasteiger partial charge is 0.261 e. The van der Waals surface area contributed by atoms with Gasteiger partial charge in [-0.25, -0.2) is 0 Å². The van der Waals surface area contributed by atoms with Gasteiger partial charge in [0, 0.05) is 13.1 Å². The molecule has 5 nitrogen and oxygen atoms in total. The summed E-state index contributed by atoms with van der Waals surface area (Å²) in [6.45, 7) is 4.16. The zero-order valence-electron chi connectivity index (χ0n) is 16.1. The van der Waals surface area contributed by atoms with Crippen molar-refractivity contribution in [3.63, 3.8) is 0 Å². The maximum absolute atomic E-state index is 12.4. The number of amides is 2. The zero-order chi connectivity index (χ0) is 19.3. The maximum Gasteiger partial charge on any atom is 0.261 e. The predicted octanol–water partition coefficient (Wildman–Crippen LogP) is 3.74. The van der Waals surface area contributed by atoms with Crippen LogP contribution in [0.3, 0.4) is 0 Å². The van der Waals surface area contributed by atoms with E-state index in [1.54, 1.807) is 24.3 Å². The average Bonchev–Trinajstić information content (AvgIpc) is 2.97. The fourth-order valence-corrected chi connectivity index (χ4v) is 3.96. The summed E-state index contributed by atoms with van der Waals surface area (Å²) in [7, 11) is 0. The molecular formula is C23H26N2O3. The second-order valence-electron chi connectivity index (χ2n) is 7.49. The highest BCUT2D eigenvalue weighted by atomic mass is 16.5. The number of carbonyl (C=O) groups is 2. The molecule has 2 aliphatic rings. The summed E-state index contributed by atoms with van der Waals surface area (Å²) in [4.78, 5) is 28.5. The van der Waals surface area contributed by atoms with Gasteiger partial charge in [0.15, 0.2) is 0 Å². The molecule has 4 rings (SSSR count). The molecule has 2 aromatic rings. The number of piperidine rings is 1. The second-order valence-corrected chi connectivity index (χ2v) is 7.49. The minimum Gasteiger partial charge on any atom is -0.494 e. The summed E-state index contributed by atoms with van der Waals surface area (Å²) in [5.41, 5.74) is 2.26. The number of nitrogens with zero attached hydrogens (tertiary/aromatic N) is 2. The topological polar surface area (TPSA) is 49.9 Å². The number of fused-ring (bicyclic) bond motifs is 1. The van der Waals surface area contributed by atoms with E-state index in [-0.39, 0.29) is 11.8 Å². The molecule has 0 N–H and O–H groups in total. The van der Waals surface area contributed by atoms with E-state index in [9.17, 15) is 9.59 Å². The first-order valence-electron chi connectivity index (χ1n) is 10.1. The highest BCUT2D eigenvalue weighted by Crippen LogP contribution is 2.23. The third kappa shape index (κ3) is 4.09. The Morgan fingerprint density at radius 3 is 2.29 bits per heavy atom. The van der Waals surface area contributed by atoms with Gasteiger partial charge in [0.25, 0.3) is 11.8 Å². The van der Waals surface area contributed by atoms with Crippen LogP contribution in [0.5, 0.6) is 5.75 Å². The number of imide groups is 1. The van der Waals surface area contributed by atoms with Gasteiger partial charge in [0.05, 0.1) is 17.7 Å². The van der Waals surface area contributed by atoms with Crippen LogP contribution in [0.1, 0.15) is 52.0 Å². The lowest BCUT2D eigenvalue weighted by atomic mass is 10.1. The first kappa shape index (κ1) is 18.7. The average molecular weight is 378 g/mol. The lowest BCUT2D eigenvalue weighted by Gasteiger charge is -2.26. The van der Waals surface area contributed by atoms with Gasteiger partial charge in [-0.1, -0.05) is 30.7 Å². The van der Waals surface area contributed by atoms with E-state index >= 15 is 0 Å². The monoisotopic (exact) mass is 378 g/mol. The summed E-state index contributed by atoms with van der Waals surface area (Å²) >= 11 is 0. The van der Waals surface area contributed by atoms with Gasteiger partial charge in [-0.05, 0) is 62.2 Å². The number of benzene rings is 2. The van der Waals surface area contributed by atoms with Crippen LogP contribution in [0.25, 0.3) is 0 Å². The molecule has 0 atom stereocenters. The minimum atomic E-state index is -0.205. The van der Waals surface area contributed by atoms with Crippen molar-refractivity contribution in [2.24, 2.45) is 0 Å². The normalized spacial score (nSPS) is 17.1. The van der Waals surface area contributed by atoms with E-state index in [0.717, 1.165) is 12.3 Å². The van der Waals surface area contributed by atoms with E-state index in [1.807, 2.05) is 12.1 Å². The summed E-state index contributed by atoms with van der Waals surface area (Å²) < 4.78 is 5.88. The molecule has 2 aromatic carbocycles. The number of ether oxygens (including phenoxy) is 1. The molecule has 1 fully saturated rings.